The third-order valence-electron chi connectivity index (χ3n) is 16.9. The van der Waals surface area contributed by atoms with Gasteiger partial charge in [-0.3, -0.25) is 9.59 Å². The van der Waals surface area contributed by atoms with Gasteiger partial charge in [-0.1, -0.05) is 38.8 Å². The molecule has 0 saturated heterocycles. The normalized spacial score (nSPS) is 11.8. The van der Waals surface area contributed by atoms with Crippen LogP contribution in [-0.4, -0.2) is 142 Å². The van der Waals surface area contributed by atoms with Gasteiger partial charge in [0.15, 0.2) is 19.8 Å². The molecule has 2 amide bonds. The second-order valence-electron chi connectivity index (χ2n) is 29.2. The van der Waals surface area contributed by atoms with Crippen LogP contribution in [0.15, 0.2) is 103 Å². The van der Waals surface area contributed by atoms with Gasteiger partial charge in [0, 0.05) is 146 Å². The van der Waals surface area contributed by atoms with Crippen LogP contribution in [0.25, 0.3) is 44.2 Å². The van der Waals surface area contributed by atoms with Crippen molar-refractivity contribution in [2.75, 3.05) is 95.3 Å². The molecule has 0 saturated carbocycles. The zero-order valence-electron chi connectivity index (χ0n) is 64.7. The maximum atomic E-state index is 15.4. The lowest BCUT2D eigenvalue weighted by atomic mass is 9.90. The van der Waals surface area contributed by atoms with Gasteiger partial charge in [0.2, 0.25) is 0 Å². The molecule has 0 bridgehead atoms. The molecule has 0 radical (unpaired) electrons. The van der Waals surface area contributed by atoms with Crippen molar-refractivity contribution in [3.05, 3.63) is 145 Å². The topological polar surface area (TPSA) is 233 Å². The Bertz CT molecular complexity index is 3990. The minimum Gasteiger partial charge on any atom is -0.481 e. The Morgan fingerprint density at radius 3 is 1.05 bits per heavy atom. The number of ether oxygens (including phenoxy) is 8. The fraction of sp³-hybridized carbons (Fsp3) is 0.506. The third-order valence-corrected chi connectivity index (χ3v) is 16.9. The van der Waals surface area contributed by atoms with Crippen molar-refractivity contribution in [2.45, 2.75) is 193 Å². The summed E-state index contributed by atoms with van der Waals surface area (Å²) in [4.78, 5) is 109. The number of benzene rings is 5. The third kappa shape index (κ3) is 23.4. The zero-order valence-corrected chi connectivity index (χ0v) is 64.7. The average molecular weight is 1440 g/mol. The molecular weight excluding hydrogens is 1320 g/mol. The van der Waals surface area contributed by atoms with Crippen LogP contribution >= 0.6 is 0 Å². The van der Waals surface area contributed by atoms with Gasteiger partial charge in [-0.05, 0) is 214 Å². The minimum absolute atomic E-state index is 0.101. The van der Waals surface area contributed by atoms with E-state index in [-0.39, 0.29) is 54.6 Å². The van der Waals surface area contributed by atoms with Crippen molar-refractivity contribution in [1.29, 1.82) is 0 Å². The molecule has 0 aliphatic carbocycles. The fourth-order valence-corrected chi connectivity index (χ4v) is 12.2. The maximum Gasteiger partial charge on any atom is 0.349 e. The first-order valence-electron chi connectivity index (χ1n) is 36.6. The van der Waals surface area contributed by atoms with E-state index in [1.807, 2.05) is 109 Å². The molecule has 2 aromatic heterocycles. The summed E-state index contributed by atoms with van der Waals surface area (Å²) >= 11 is 0. The predicted octanol–water partition coefficient (Wildman–Crippen LogP) is 15.7. The van der Waals surface area contributed by atoms with Crippen LogP contribution in [0.4, 0.5) is 11.4 Å². The lowest BCUT2D eigenvalue weighted by Crippen LogP contribution is -2.35. The van der Waals surface area contributed by atoms with Gasteiger partial charge in [0.1, 0.15) is 56.3 Å². The molecule has 0 unspecified atom stereocenters. The van der Waals surface area contributed by atoms with E-state index in [4.69, 9.17) is 46.7 Å². The smallest absolute Gasteiger partial charge is 0.349 e. The van der Waals surface area contributed by atoms with E-state index in [1.54, 1.807) is 86.6 Å². The Morgan fingerprint density at radius 1 is 0.404 bits per heavy atom. The van der Waals surface area contributed by atoms with Crippen molar-refractivity contribution in [2.24, 2.45) is 0 Å². The van der Waals surface area contributed by atoms with Gasteiger partial charge in [-0.25, -0.2) is 24.0 Å². The molecule has 21 heteroatoms. The molecular formula is C83H110N4O17. The lowest BCUT2D eigenvalue weighted by molar-refractivity contribution is -0.158. The molecule has 104 heavy (non-hydrogen) atoms. The highest BCUT2D eigenvalue weighted by Crippen LogP contribution is 2.49. The number of hydrogen-bond donors (Lipinski definition) is 0. The number of carbonyl (C=O) groups excluding carboxylic acids is 5. The number of esters is 3. The van der Waals surface area contributed by atoms with Crippen LogP contribution < -0.4 is 35.3 Å². The largest absolute Gasteiger partial charge is 0.481 e. The molecule has 0 atom stereocenters. The van der Waals surface area contributed by atoms with Gasteiger partial charge in [0.05, 0.1) is 0 Å². The van der Waals surface area contributed by atoms with Crippen molar-refractivity contribution in [1.82, 2.24) is 9.80 Å². The number of anilines is 2. The number of nitrogens with zero attached hydrogens (tertiary/aromatic N) is 4. The van der Waals surface area contributed by atoms with Crippen LogP contribution in [-0.2, 0) is 51.2 Å². The summed E-state index contributed by atoms with van der Waals surface area (Å²) in [6, 6.07) is 25.3. The Kier molecular flexibility index (Phi) is 29.6. The van der Waals surface area contributed by atoms with Crippen molar-refractivity contribution in [3.8, 4) is 39.5 Å². The molecule has 7 rings (SSSR count). The second kappa shape index (κ2) is 37.5. The number of unbranched alkanes of at least 4 members (excludes halogenated alkanes) is 2. The number of fused-ring (bicyclic) bond motifs is 2. The summed E-state index contributed by atoms with van der Waals surface area (Å²) in [5.41, 5.74) is 1.86. The Morgan fingerprint density at radius 2 is 0.721 bits per heavy atom. The summed E-state index contributed by atoms with van der Waals surface area (Å²) < 4.78 is 61.9. The van der Waals surface area contributed by atoms with E-state index >= 15 is 9.59 Å². The molecule has 5 aromatic carbocycles. The van der Waals surface area contributed by atoms with Gasteiger partial charge >= 0.3 is 29.2 Å². The number of amides is 2. The first-order chi connectivity index (χ1) is 49.3. The van der Waals surface area contributed by atoms with Crippen LogP contribution in [0, 0.1) is 20.8 Å². The van der Waals surface area contributed by atoms with Crippen molar-refractivity contribution >= 4 is 63.0 Å². The van der Waals surface area contributed by atoms with Crippen LogP contribution in [0.1, 0.15) is 191 Å². The summed E-state index contributed by atoms with van der Waals surface area (Å²) in [5, 5.41) is 1.10. The van der Waals surface area contributed by atoms with Gasteiger partial charge < -0.3 is 66.3 Å². The second-order valence-corrected chi connectivity index (χ2v) is 29.2. The van der Waals surface area contributed by atoms with E-state index in [2.05, 4.69) is 23.6 Å². The fourth-order valence-electron chi connectivity index (χ4n) is 12.2. The Labute approximate surface area is 613 Å². The van der Waals surface area contributed by atoms with Gasteiger partial charge in [-0.15, -0.1) is 0 Å². The molecule has 0 aliphatic heterocycles. The van der Waals surface area contributed by atoms with E-state index < -0.39 is 77.6 Å². The average Bonchev–Trinajstić information content (AvgIpc) is 0.761. The van der Waals surface area contributed by atoms with Crippen molar-refractivity contribution in [3.63, 3.8) is 0 Å². The first-order valence-corrected chi connectivity index (χ1v) is 36.6. The molecule has 0 aliphatic rings. The summed E-state index contributed by atoms with van der Waals surface area (Å²) in [7, 11) is 0. The maximum absolute atomic E-state index is 15.4. The molecule has 7 aromatic rings. The highest BCUT2D eigenvalue weighted by Gasteiger charge is 2.32. The minimum atomic E-state index is -0.928. The van der Waals surface area contributed by atoms with E-state index in [1.165, 1.54) is 9.80 Å². The van der Waals surface area contributed by atoms with E-state index in [0.717, 1.165) is 63.2 Å². The highest BCUT2D eigenvalue weighted by molar-refractivity contribution is 5.99. The molecule has 0 fully saturated rings. The number of hydrogen-bond acceptors (Lipinski definition) is 19. The molecule has 2 heterocycles. The Hall–Kier alpha value is -9.21. The summed E-state index contributed by atoms with van der Waals surface area (Å²) in [6.45, 7) is 36.2. The van der Waals surface area contributed by atoms with Gasteiger partial charge in [0.25, 0.3) is 11.8 Å². The molecule has 21 nitrogen and oxygen atoms in total. The highest BCUT2D eigenvalue weighted by atomic mass is 16.6. The number of carbonyl (C=O) groups is 5. The lowest BCUT2D eigenvalue weighted by Gasteiger charge is -2.28. The van der Waals surface area contributed by atoms with Gasteiger partial charge in [-0.2, -0.15) is 0 Å². The van der Waals surface area contributed by atoms with Crippen LogP contribution in [0.3, 0.4) is 0 Å². The summed E-state index contributed by atoms with van der Waals surface area (Å²) in [6.07, 6.45) is 4.31. The monoisotopic (exact) mass is 1430 g/mol. The first kappa shape index (κ1) is 82.1. The zero-order chi connectivity index (χ0) is 76.2. The predicted molar refractivity (Wildman–Crippen MR) is 408 cm³/mol. The Balaban J connectivity index is 1.49. The number of aryl methyl sites for hydroxylation is 3. The van der Waals surface area contributed by atoms with E-state index in [0.29, 0.717) is 111 Å². The summed E-state index contributed by atoms with van der Waals surface area (Å²) in [5.74, 6) is -2.98. The van der Waals surface area contributed by atoms with Crippen molar-refractivity contribution < 1.29 is 70.7 Å². The quantitative estimate of drug-likeness (QED) is 0.0152. The molecule has 0 N–H and O–H groups in total. The van der Waals surface area contributed by atoms with E-state index in [9.17, 15) is 24.0 Å². The SMILES string of the molecule is CCCCOCCCN(Cc1cc(C)cc(-c2cc(C)cc(-c3cc(C)cc(CN(CCCOCCCC)C(=O)c4cc5ccc(N(CC)CC)cc5oc4=O)c3OCC(=O)OC(C)(C)C)c2OCC(=O)OC(C)(C)C)c1OCC(=O)OC(C)(C)C)C(=O)c1cc2ccc(N(CC)CC)cc2oc1=O. The van der Waals surface area contributed by atoms with Crippen LogP contribution in [0.5, 0.6) is 17.2 Å². The van der Waals surface area contributed by atoms with Crippen LogP contribution in [0.2, 0.25) is 0 Å². The standard InChI is InChI=1S/C83H110N4O17/c1-19-25-35-95-37-27-33-86(77(91)67-45-57-29-31-61(84(21-3)22-4)47-69(57)100-79(67)93)49-59-39-54(7)41-63(74(59)97-51-71(88)102-81(10,11)12)65-43-56(9)44-66(76(65)99-53-73(90)104-83(16,17)18)64-42-55(8)40-60(75(64)98-52-72(89)103-82(13,14)15)50-87(34-28-38-96-36-26-20-2)78(92)68-46-58-30-32-62(85(23-5)24-6)48-70(58)101-80(68)94/h29-32,39-48H,19-28,33-38,49-53H2,1-18H3. The molecule has 0 spiro atoms. The molecule has 564 valence electrons. The number of rotatable bonds is 37.